The van der Waals surface area contributed by atoms with Crippen LogP contribution in [0.15, 0.2) is 24.4 Å². The van der Waals surface area contributed by atoms with Crippen molar-refractivity contribution in [1.29, 1.82) is 0 Å². The summed E-state index contributed by atoms with van der Waals surface area (Å²) in [5.41, 5.74) is 2.28. The summed E-state index contributed by atoms with van der Waals surface area (Å²) in [4.78, 5) is 0. The molecule has 0 radical (unpaired) electrons. The van der Waals surface area contributed by atoms with Crippen LogP contribution in [0.25, 0.3) is 10.9 Å². The van der Waals surface area contributed by atoms with Gasteiger partial charge < -0.3 is 5.32 Å². The lowest BCUT2D eigenvalue weighted by Crippen LogP contribution is -2.14. The van der Waals surface area contributed by atoms with Gasteiger partial charge in [0.1, 0.15) is 0 Å². The minimum absolute atomic E-state index is 0.533. The van der Waals surface area contributed by atoms with Crippen molar-refractivity contribution in [2.75, 3.05) is 5.32 Å². The van der Waals surface area contributed by atoms with E-state index in [4.69, 9.17) is 0 Å². The van der Waals surface area contributed by atoms with Gasteiger partial charge in [0.2, 0.25) is 0 Å². The van der Waals surface area contributed by atoms with Gasteiger partial charge in [-0.25, -0.2) is 0 Å². The molecule has 1 unspecified atom stereocenters. The van der Waals surface area contributed by atoms with E-state index >= 15 is 0 Å². The zero-order valence-electron chi connectivity index (χ0n) is 12.1. The Morgan fingerprint density at radius 3 is 2.89 bits per heavy atom. The minimum atomic E-state index is 0.533. The maximum atomic E-state index is 4.05. The summed E-state index contributed by atoms with van der Waals surface area (Å²) in [6.45, 7) is 4.52. The summed E-state index contributed by atoms with van der Waals surface area (Å²) >= 11 is 0. The molecule has 2 aromatic rings. The molecule has 1 heterocycles. The third-order valence-corrected chi connectivity index (χ3v) is 3.59. The fourth-order valence-corrected chi connectivity index (χ4v) is 2.44. The average molecular weight is 259 g/mol. The Hall–Kier alpha value is -1.51. The van der Waals surface area contributed by atoms with E-state index in [1.54, 1.807) is 0 Å². The van der Waals surface area contributed by atoms with Crippen LogP contribution in [-0.4, -0.2) is 16.2 Å². The van der Waals surface area contributed by atoms with Gasteiger partial charge in [0, 0.05) is 17.1 Å². The van der Waals surface area contributed by atoms with Crippen LogP contribution in [0.2, 0.25) is 0 Å². The topological polar surface area (TPSA) is 40.7 Å². The number of unbranched alkanes of at least 4 members (excludes halogenated alkanes) is 4. The highest BCUT2D eigenvalue weighted by atomic mass is 15.1. The summed E-state index contributed by atoms with van der Waals surface area (Å²) in [7, 11) is 0. The first-order valence-electron chi connectivity index (χ1n) is 7.49. The largest absolute Gasteiger partial charge is 0.383 e. The molecule has 104 valence electrons. The molecule has 2 rings (SSSR count). The molecule has 1 aromatic heterocycles. The van der Waals surface area contributed by atoms with E-state index in [1.165, 1.54) is 49.6 Å². The van der Waals surface area contributed by atoms with Crippen LogP contribution in [0.4, 0.5) is 5.69 Å². The van der Waals surface area contributed by atoms with E-state index in [0.29, 0.717) is 6.04 Å². The Kier molecular flexibility index (Phi) is 5.25. The van der Waals surface area contributed by atoms with Crippen molar-refractivity contribution in [1.82, 2.24) is 10.2 Å². The Bertz CT molecular complexity index is 489. The van der Waals surface area contributed by atoms with E-state index in [0.717, 1.165) is 5.52 Å². The number of hydrogen-bond donors (Lipinski definition) is 2. The number of hydrogen-bond acceptors (Lipinski definition) is 2. The molecular formula is C16H25N3. The Morgan fingerprint density at radius 1 is 1.21 bits per heavy atom. The van der Waals surface area contributed by atoms with Gasteiger partial charge in [-0.1, -0.05) is 39.0 Å². The van der Waals surface area contributed by atoms with Crippen molar-refractivity contribution in [3.63, 3.8) is 0 Å². The number of nitrogens with zero attached hydrogens (tertiary/aromatic N) is 1. The third-order valence-electron chi connectivity index (χ3n) is 3.59. The molecule has 2 N–H and O–H groups in total. The highest BCUT2D eigenvalue weighted by molar-refractivity contribution is 5.81. The van der Waals surface area contributed by atoms with Crippen molar-refractivity contribution in [3.05, 3.63) is 24.4 Å². The van der Waals surface area contributed by atoms with Crippen LogP contribution in [0.5, 0.6) is 0 Å². The zero-order valence-corrected chi connectivity index (χ0v) is 12.1. The third kappa shape index (κ3) is 4.27. The maximum absolute atomic E-state index is 4.05. The van der Waals surface area contributed by atoms with Gasteiger partial charge in [0.05, 0.1) is 11.7 Å². The Morgan fingerprint density at radius 2 is 2.05 bits per heavy atom. The normalized spacial score (nSPS) is 12.7. The fourth-order valence-electron chi connectivity index (χ4n) is 2.44. The van der Waals surface area contributed by atoms with E-state index in [9.17, 15) is 0 Å². The van der Waals surface area contributed by atoms with Gasteiger partial charge in [0.25, 0.3) is 0 Å². The molecule has 0 spiro atoms. The van der Waals surface area contributed by atoms with Crippen LogP contribution in [0.3, 0.4) is 0 Å². The summed E-state index contributed by atoms with van der Waals surface area (Å²) < 4.78 is 0. The number of nitrogens with one attached hydrogen (secondary N) is 2. The molecule has 0 bridgehead atoms. The highest BCUT2D eigenvalue weighted by Gasteiger charge is 2.03. The zero-order chi connectivity index (χ0) is 13.5. The van der Waals surface area contributed by atoms with Gasteiger partial charge in [-0.15, -0.1) is 0 Å². The molecule has 3 heteroatoms. The highest BCUT2D eigenvalue weighted by Crippen LogP contribution is 2.18. The van der Waals surface area contributed by atoms with Gasteiger partial charge in [-0.3, -0.25) is 5.10 Å². The lowest BCUT2D eigenvalue weighted by Gasteiger charge is -2.15. The second-order valence-corrected chi connectivity index (χ2v) is 5.42. The Balaban J connectivity index is 1.76. The van der Waals surface area contributed by atoms with Gasteiger partial charge in [-0.2, -0.15) is 5.10 Å². The van der Waals surface area contributed by atoms with E-state index in [1.807, 2.05) is 6.20 Å². The molecule has 0 aliphatic heterocycles. The lowest BCUT2D eigenvalue weighted by atomic mass is 10.1. The molecule has 1 atom stereocenters. The second-order valence-electron chi connectivity index (χ2n) is 5.42. The van der Waals surface area contributed by atoms with Crippen molar-refractivity contribution in [3.8, 4) is 0 Å². The van der Waals surface area contributed by atoms with Crippen LogP contribution >= 0.6 is 0 Å². The molecule has 0 saturated carbocycles. The summed E-state index contributed by atoms with van der Waals surface area (Å²) in [6, 6.07) is 6.89. The molecule has 19 heavy (non-hydrogen) atoms. The quantitative estimate of drug-likeness (QED) is 0.673. The maximum Gasteiger partial charge on any atom is 0.0651 e. The second kappa shape index (κ2) is 7.17. The van der Waals surface area contributed by atoms with Crippen molar-refractivity contribution < 1.29 is 0 Å². The molecular weight excluding hydrogens is 234 g/mol. The van der Waals surface area contributed by atoms with Crippen LogP contribution < -0.4 is 5.32 Å². The first-order chi connectivity index (χ1) is 9.29. The van der Waals surface area contributed by atoms with E-state index in [2.05, 4.69) is 47.6 Å². The Labute approximate surface area is 115 Å². The first-order valence-corrected chi connectivity index (χ1v) is 7.49. The SMILES string of the molecule is CCCCCCCC(C)Nc1ccc2[nH]ncc2c1. The molecule has 0 aliphatic rings. The van der Waals surface area contributed by atoms with Crippen LogP contribution in [-0.2, 0) is 0 Å². The minimum Gasteiger partial charge on any atom is -0.383 e. The first kappa shape index (κ1) is 13.9. The van der Waals surface area contributed by atoms with Crippen LogP contribution in [0.1, 0.15) is 52.4 Å². The van der Waals surface area contributed by atoms with E-state index < -0.39 is 0 Å². The van der Waals surface area contributed by atoms with Crippen LogP contribution in [0, 0.1) is 0 Å². The molecule has 3 nitrogen and oxygen atoms in total. The van der Waals surface area contributed by atoms with Gasteiger partial charge in [0.15, 0.2) is 0 Å². The van der Waals surface area contributed by atoms with E-state index in [-0.39, 0.29) is 0 Å². The smallest absolute Gasteiger partial charge is 0.0651 e. The number of anilines is 1. The summed E-state index contributed by atoms with van der Waals surface area (Å²) in [5.74, 6) is 0. The van der Waals surface area contributed by atoms with Gasteiger partial charge >= 0.3 is 0 Å². The van der Waals surface area contributed by atoms with Gasteiger partial charge in [-0.05, 0) is 31.5 Å². The standard InChI is InChI=1S/C16H25N3/c1-3-4-5-6-7-8-13(2)18-15-9-10-16-14(11-15)12-17-19-16/h9-13,18H,3-8H2,1-2H3,(H,17,19). The fraction of sp³-hybridized carbons (Fsp3) is 0.562. The number of aromatic amines is 1. The molecule has 0 saturated heterocycles. The average Bonchev–Trinajstić information content (AvgIpc) is 2.86. The predicted octanol–water partition coefficient (Wildman–Crippen LogP) is 4.72. The number of rotatable bonds is 8. The summed E-state index contributed by atoms with van der Waals surface area (Å²) in [5, 5.41) is 11.8. The molecule has 1 aromatic carbocycles. The van der Waals surface area contributed by atoms with Crippen molar-refractivity contribution in [2.24, 2.45) is 0 Å². The van der Waals surface area contributed by atoms with Crippen molar-refractivity contribution >= 4 is 16.6 Å². The lowest BCUT2D eigenvalue weighted by molar-refractivity contribution is 0.578. The molecule has 0 fully saturated rings. The number of fused-ring (bicyclic) bond motifs is 1. The number of aromatic nitrogens is 2. The number of H-pyrrole nitrogens is 1. The monoisotopic (exact) mass is 259 g/mol. The van der Waals surface area contributed by atoms with Crippen molar-refractivity contribution in [2.45, 2.75) is 58.4 Å². The summed E-state index contributed by atoms with van der Waals surface area (Å²) in [6.07, 6.45) is 9.87. The molecule has 0 aliphatic carbocycles. The molecule has 0 amide bonds. The number of benzene rings is 1. The predicted molar refractivity (Wildman–Crippen MR) is 82.6 cm³/mol.